The molecule has 25 heavy (non-hydrogen) atoms. The Morgan fingerprint density at radius 2 is 1.92 bits per heavy atom. The Bertz CT molecular complexity index is 824. The fraction of sp³-hybridized carbons (Fsp3) is 0.263. The molecule has 0 spiro atoms. The van der Waals surface area contributed by atoms with Gasteiger partial charge in [0.25, 0.3) is 11.9 Å². The third kappa shape index (κ3) is 2.78. The highest BCUT2D eigenvalue weighted by atomic mass is 19.1. The lowest BCUT2D eigenvalue weighted by Crippen LogP contribution is -2.47. The van der Waals surface area contributed by atoms with Gasteiger partial charge in [-0.3, -0.25) is 10.1 Å². The highest BCUT2D eigenvalue weighted by Crippen LogP contribution is 2.43. The summed E-state index contributed by atoms with van der Waals surface area (Å²) in [6.45, 7) is 0.675. The molecule has 0 aromatic heterocycles. The van der Waals surface area contributed by atoms with Gasteiger partial charge in [-0.1, -0.05) is 36.4 Å². The lowest BCUT2D eigenvalue weighted by atomic mass is 9.83. The number of carbonyl (C=O) groups excluding carboxylic acids is 1. The number of carbonyl (C=O) groups is 1. The number of fused-ring (bicyclic) bond motifs is 1. The van der Waals surface area contributed by atoms with Crippen LogP contribution in [0.5, 0.6) is 0 Å². The van der Waals surface area contributed by atoms with Crippen LogP contribution in [0, 0.1) is 5.82 Å². The number of hydrogen-bond acceptors (Lipinski definition) is 4. The van der Waals surface area contributed by atoms with E-state index < -0.39 is 5.54 Å². The molecule has 0 bridgehead atoms. The minimum Gasteiger partial charge on any atom is -0.462 e. The minimum atomic E-state index is -0.872. The average Bonchev–Trinajstić information content (AvgIpc) is 3.07. The van der Waals surface area contributed by atoms with Crippen molar-refractivity contribution in [3.8, 4) is 0 Å². The fourth-order valence-electron chi connectivity index (χ4n) is 3.34. The van der Waals surface area contributed by atoms with E-state index in [-0.39, 0.29) is 30.5 Å². The van der Waals surface area contributed by atoms with E-state index in [2.05, 4.69) is 10.3 Å². The Morgan fingerprint density at radius 1 is 1.16 bits per heavy atom. The van der Waals surface area contributed by atoms with Crippen molar-refractivity contribution in [2.45, 2.75) is 18.1 Å². The molecule has 5 nitrogen and oxygen atoms in total. The van der Waals surface area contributed by atoms with Crippen LogP contribution >= 0.6 is 0 Å². The molecule has 2 aromatic carbocycles. The first kappa shape index (κ1) is 15.8. The molecule has 2 aliphatic rings. The maximum Gasteiger partial charge on any atom is 0.292 e. The van der Waals surface area contributed by atoms with Gasteiger partial charge in [0.1, 0.15) is 24.1 Å². The Labute approximate surface area is 144 Å². The summed E-state index contributed by atoms with van der Waals surface area (Å²) in [4.78, 5) is 16.9. The second-order valence-electron chi connectivity index (χ2n) is 6.06. The summed E-state index contributed by atoms with van der Waals surface area (Å²) in [5.41, 5.74) is 0.0916. The number of halogens is 1. The van der Waals surface area contributed by atoms with Crippen LogP contribution in [0.4, 0.5) is 4.39 Å². The van der Waals surface area contributed by atoms with Crippen molar-refractivity contribution >= 4 is 11.9 Å². The van der Waals surface area contributed by atoms with Crippen LogP contribution in [0.25, 0.3) is 0 Å². The Kier molecular flexibility index (Phi) is 3.97. The van der Waals surface area contributed by atoms with Crippen LogP contribution in [-0.2, 0) is 15.0 Å². The summed E-state index contributed by atoms with van der Waals surface area (Å²) in [7, 11) is 0. The summed E-state index contributed by atoms with van der Waals surface area (Å²) in [5.74, 6) is -0.655. The maximum absolute atomic E-state index is 14.4. The molecule has 2 aromatic rings. The van der Waals surface area contributed by atoms with Crippen molar-refractivity contribution in [2.75, 3.05) is 13.2 Å². The third-order valence-corrected chi connectivity index (χ3v) is 4.60. The number of nitrogens with one attached hydrogen (secondary N) is 1. The third-order valence-electron chi connectivity index (χ3n) is 4.60. The highest BCUT2D eigenvalue weighted by molar-refractivity contribution is 6.04. The van der Waals surface area contributed by atoms with Crippen LogP contribution in [0.15, 0.2) is 59.6 Å². The van der Waals surface area contributed by atoms with Crippen molar-refractivity contribution in [2.24, 2.45) is 4.99 Å². The van der Waals surface area contributed by atoms with E-state index in [1.54, 1.807) is 42.5 Å². The number of amidine groups is 1. The van der Waals surface area contributed by atoms with E-state index in [1.807, 2.05) is 6.07 Å². The van der Waals surface area contributed by atoms with Crippen LogP contribution in [0.1, 0.15) is 22.3 Å². The highest BCUT2D eigenvalue weighted by Gasteiger charge is 2.50. The van der Waals surface area contributed by atoms with Crippen molar-refractivity contribution in [3.63, 3.8) is 0 Å². The molecule has 0 unspecified atom stereocenters. The molecule has 2 aliphatic heterocycles. The predicted molar refractivity (Wildman–Crippen MR) is 89.7 cm³/mol. The van der Waals surface area contributed by atoms with Crippen LogP contribution in [0.3, 0.4) is 0 Å². The summed E-state index contributed by atoms with van der Waals surface area (Å²) < 4.78 is 25.6. The molecule has 4 rings (SSSR count). The van der Waals surface area contributed by atoms with E-state index in [4.69, 9.17) is 9.47 Å². The standard InChI is InChI=1S/C19H17FN2O3/c20-15-9-5-4-8-14(15)19-10-11-24-16(19)12-25-18(22-19)21-17(23)13-6-2-1-3-7-13/h1-9,16H,10-12H2,(H,21,22,23)/t16-,19+/m0/s1. The Balaban J connectivity index is 1.67. The van der Waals surface area contributed by atoms with Gasteiger partial charge >= 0.3 is 0 Å². The van der Waals surface area contributed by atoms with Crippen molar-refractivity contribution in [1.82, 2.24) is 5.32 Å². The molecule has 1 saturated heterocycles. The van der Waals surface area contributed by atoms with Gasteiger partial charge in [0, 0.05) is 17.5 Å². The molecule has 0 aliphatic carbocycles. The van der Waals surface area contributed by atoms with Crippen LogP contribution in [-0.4, -0.2) is 31.2 Å². The van der Waals surface area contributed by atoms with Crippen molar-refractivity contribution in [1.29, 1.82) is 0 Å². The molecule has 1 fully saturated rings. The first-order chi connectivity index (χ1) is 12.2. The molecule has 0 radical (unpaired) electrons. The number of amides is 1. The van der Waals surface area contributed by atoms with E-state index in [1.165, 1.54) is 6.07 Å². The number of rotatable bonds is 2. The summed E-state index contributed by atoms with van der Waals surface area (Å²) in [5, 5.41) is 2.67. The second kappa shape index (κ2) is 6.29. The molecule has 1 amide bonds. The molecule has 1 N–H and O–H groups in total. The molecule has 6 heteroatoms. The van der Waals surface area contributed by atoms with Gasteiger partial charge in [-0.05, 0) is 18.2 Å². The van der Waals surface area contributed by atoms with Crippen molar-refractivity contribution in [3.05, 3.63) is 71.5 Å². The number of aliphatic imine (C=N–C) groups is 1. The second-order valence-corrected chi connectivity index (χ2v) is 6.06. The van der Waals surface area contributed by atoms with Crippen molar-refractivity contribution < 1.29 is 18.7 Å². The lowest BCUT2D eigenvalue weighted by molar-refractivity contribution is 0.0191. The minimum absolute atomic E-state index is 0.0962. The number of benzene rings is 2. The van der Waals surface area contributed by atoms with Gasteiger partial charge in [0.05, 0.1) is 6.61 Å². The largest absolute Gasteiger partial charge is 0.462 e. The zero-order valence-corrected chi connectivity index (χ0v) is 13.4. The zero-order valence-electron chi connectivity index (χ0n) is 13.4. The quantitative estimate of drug-likeness (QED) is 0.914. The van der Waals surface area contributed by atoms with E-state index in [9.17, 15) is 9.18 Å². The molecular formula is C19H17FN2O3. The Hall–Kier alpha value is -2.73. The van der Waals surface area contributed by atoms with Gasteiger partial charge < -0.3 is 9.47 Å². The summed E-state index contributed by atoms with van der Waals surface area (Å²) in [6, 6.07) is 15.4. The van der Waals surface area contributed by atoms with Gasteiger partial charge in [-0.15, -0.1) is 0 Å². The molecule has 128 valence electrons. The monoisotopic (exact) mass is 340 g/mol. The van der Waals surface area contributed by atoms with Gasteiger partial charge in [0.2, 0.25) is 0 Å². The number of nitrogens with zero attached hydrogens (tertiary/aromatic N) is 1. The maximum atomic E-state index is 14.4. The average molecular weight is 340 g/mol. The van der Waals surface area contributed by atoms with E-state index >= 15 is 0 Å². The van der Waals surface area contributed by atoms with E-state index in [0.29, 0.717) is 24.2 Å². The number of hydrogen-bond donors (Lipinski definition) is 1. The number of ether oxygens (including phenoxy) is 2. The molecule has 0 saturated carbocycles. The molecule has 2 heterocycles. The van der Waals surface area contributed by atoms with Crippen LogP contribution in [0.2, 0.25) is 0 Å². The molecule has 2 atom stereocenters. The first-order valence-electron chi connectivity index (χ1n) is 8.15. The van der Waals surface area contributed by atoms with Gasteiger partial charge in [0.15, 0.2) is 0 Å². The predicted octanol–water partition coefficient (Wildman–Crippen LogP) is 2.63. The van der Waals surface area contributed by atoms with Crippen LogP contribution < -0.4 is 5.32 Å². The van der Waals surface area contributed by atoms with Gasteiger partial charge in [-0.2, -0.15) is 0 Å². The van der Waals surface area contributed by atoms with E-state index in [0.717, 1.165) is 0 Å². The lowest BCUT2D eigenvalue weighted by Gasteiger charge is -2.35. The normalized spacial score (nSPS) is 24.8. The zero-order chi connectivity index (χ0) is 17.3. The summed E-state index contributed by atoms with van der Waals surface area (Å²) in [6.07, 6.45) is 0.161. The smallest absolute Gasteiger partial charge is 0.292 e. The Morgan fingerprint density at radius 3 is 2.72 bits per heavy atom. The topological polar surface area (TPSA) is 59.9 Å². The fourth-order valence-corrected chi connectivity index (χ4v) is 3.34. The summed E-state index contributed by atoms with van der Waals surface area (Å²) >= 11 is 0. The molecular weight excluding hydrogens is 323 g/mol. The first-order valence-corrected chi connectivity index (χ1v) is 8.15. The van der Waals surface area contributed by atoms with Gasteiger partial charge in [-0.25, -0.2) is 9.38 Å². The SMILES string of the molecule is O=C(NC1=N[C@@]2(c3ccccc3F)CCO[C@H]2CO1)c1ccccc1.